The highest BCUT2D eigenvalue weighted by Crippen LogP contribution is 2.14. The number of rotatable bonds is 5. The topological polar surface area (TPSA) is 87.5 Å². The van der Waals surface area contributed by atoms with Gasteiger partial charge in [0.05, 0.1) is 6.04 Å². The van der Waals surface area contributed by atoms with Crippen molar-refractivity contribution in [3.8, 4) is 0 Å². The van der Waals surface area contributed by atoms with E-state index in [0.29, 0.717) is 5.92 Å². The van der Waals surface area contributed by atoms with Gasteiger partial charge < -0.3 is 16.0 Å². The first-order chi connectivity index (χ1) is 8.02. The zero-order chi connectivity index (χ0) is 12.8. The minimum atomic E-state index is -0.804. The Hall–Kier alpha value is -1.14. The number of hydrogen-bond acceptors (Lipinski definition) is 4. The predicted molar refractivity (Wildman–Crippen MR) is 65.4 cm³/mol. The number of likely N-dealkylation sites (tertiary alicyclic amines) is 1. The Morgan fingerprint density at radius 2 is 2.24 bits per heavy atom. The van der Waals surface area contributed by atoms with Crippen LogP contribution in [0.15, 0.2) is 0 Å². The fraction of sp³-hybridized carbons (Fsp3) is 0.818. The molecule has 1 rings (SSSR count). The van der Waals surface area contributed by atoms with Crippen LogP contribution in [0.3, 0.4) is 0 Å². The number of hydrogen-bond donors (Lipinski definition) is 3. The van der Waals surface area contributed by atoms with Crippen molar-refractivity contribution < 1.29 is 9.59 Å². The Morgan fingerprint density at radius 3 is 2.76 bits per heavy atom. The lowest BCUT2D eigenvalue weighted by molar-refractivity contribution is -0.121. The van der Waals surface area contributed by atoms with Gasteiger partial charge in [0.2, 0.25) is 5.91 Å². The molecule has 0 saturated carbocycles. The smallest absolute Gasteiger partial charge is 0.318 e. The third-order valence-corrected chi connectivity index (χ3v) is 3.17. The van der Waals surface area contributed by atoms with E-state index in [-0.39, 0.29) is 5.91 Å². The largest absolute Gasteiger partial charge is 0.351 e. The molecule has 1 aliphatic rings. The van der Waals surface area contributed by atoms with Gasteiger partial charge in [-0.15, -0.1) is 0 Å². The molecule has 4 N–H and O–H groups in total. The number of carbonyl (C=O) groups excluding carboxylic acids is 2. The molecule has 6 heteroatoms. The van der Waals surface area contributed by atoms with E-state index in [2.05, 4.69) is 22.5 Å². The molecule has 1 heterocycles. The van der Waals surface area contributed by atoms with Crippen LogP contribution in [0.4, 0.5) is 4.79 Å². The van der Waals surface area contributed by atoms with Crippen LogP contribution in [-0.4, -0.2) is 49.1 Å². The van der Waals surface area contributed by atoms with Crippen molar-refractivity contribution in [3.63, 3.8) is 0 Å². The zero-order valence-corrected chi connectivity index (χ0v) is 10.5. The third kappa shape index (κ3) is 4.70. The molecule has 98 valence electrons. The Morgan fingerprint density at radius 1 is 1.53 bits per heavy atom. The first-order valence-electron chi connectivity index (χ1n) is 6.09. The van der Waals surface area contributed by atoms with Crippen molar-refractivity contribution in [2.75, 3.05) is 26.2 Å². The molecule has 2 unspecified atom stereocenters. The zero-order valence-electron chi connectivity index (χ0n) is 10.5. The van der Waals surface area contributed by atoms with Gasteiger partial charge >= 0.3 is 6.03 Å². The van der Waals surface area contributed by atoms with Crippen molar-refractivity contribution in [3.05, 3.63) is 0 Å². The lowest BCUT2D eigenvalue weighted by Crippen LogP contribution is -2.47. The highest BCUT2D eigenvalue weighted by Gasteiger charge is 2.22. The lowest BCUT2D eigenvalue weighted by Gasteiger charge is -2.17. The van der Waals surface area contributed by atoms with Crippen molar-refractivity contribution >= 4 is 11.9 Å². The number of carbonyl (C=O) groups is 2. The van der Waals surface area contributed by atoms with Gasteiger partial charge in [-0.3, -0.25) is 10.1 Å². The van der Waals surface area contributed by atoms with E-state index in [1.807, 2.05) is 0 Å². The van der Waals surface area contributed by atoms with E-state index >= 15 is 0 Å². The van der Waals surface area contributed by atoms with Gasteiger partial charge in [-0.05, 0) is 38.9 Å². The maximum atomic E-state index is 11.4. The van der Waals surface area contributed by atoms with Crippen molar-refractivity contribution in [1.82, 2.24) is 15.5 Å². The molecular formula is C11H22N4O2. The number of nitrogens with two attached hydrogens (primary N) is 1. The molecule has 6 nitrogen and oxygen atoms in total. The standard InChI is InChI=1S/C11H22N4O2/c1-3-15-5-4-9(7-15)6-13-8(2)10(16)14-11(12)17/h8-9,13H,3-7H2,1-2H3,(H3,12,14,16,17). The maximum absolute atomic E-state index is 11.4. The van der Waals surface area contributed by atoms with Crippen LogP contribution in [0.1, 0.15) is 20.3 Å². The Bertz CT molecular complexity index is 283. The van der Waals surface area contributed by atoms with Crippen LogP contribution in [0.2, 0.25) is 0 Å². The number of urea groups is 1. The van der Waals surface area contributed by atoms with Crippen LogP contribution in [0, 0.1) is 5.92 Å². The molecule has 0 spiro atoms. The van der Waals surface area contributed by atoms with Crippen LogP contribution in [0.5, 0.6) is 0 Å². The summed E-state index contributed by atoms with van der Waals surface area (Å²) in [7, 11) is 0. The van der Waals surface area contributed by atoms with Crippen molar-refractivity contribution in [1.29, 1.82) is 0 Å². The molecule has 0 aliphatic carbocycles. The predicted octanol–water partition coefficient (Wildman–Crippen LogP) is -0.499. The molecule has 17 heavy (non-hydrogen) atoms. The van der Waals surface area contributed by atoms with Crippen LogP contribution < -0.4 is 16.4 Å². The summed E-state index contributed by atoms with van der Waals surface area (Å²) in [5.41, 5.74) is 4.88. The molecule has 1 saturated heterocycles. The summed E-state index contributed by atoms with van der Waals surface area (Å²) in [5, 5.41) is 5.19. The van der Waals surface area contributed by atoms with E-state index in [4.69, 9.17) is 5.73 Å². The molecule has 1 aliphatic heterocycles. The number of primary amides is 1. The van der Waals surface area contributed by atoms with E-state index in [9.17, 15) is 9.59 Å². The SMILES string of the molecule is CCN1CCC(CNC(C)C(=O)NC(N)=O)C1. The molecule has 0 aromatic heterocycles. The minimum absolute atomic E-state index is 0.372. The van der Waals surface area contributed by atoms with E-state index in [1.165, 1.54) is 0 Å². The normalized spacial score (nSPS) is 22.4. The summed E-state index contributed by atoms with van der Waals surface area (Å²) in [6, 6.07) is -1.19. The van der Waals surface area contributed by atoms with Crippen LogP contribution in [0.25, 0.3) is 0 Å². The number of amides is 3. The number of imide groups is 1. The molecular weight excluding hydrogens is 220 g/mol. The highest BCUT2D eigenvalue weighted by molar-refractivity contribution is 5.96. The van der Waals surface area contributed by atoms with E-state index in [0.717, 1.165) is 32.6 Å². The average molecular weight is 242 g/mol. The quantitative estimate of drug-likeness (QED) is 0.606. The summed E-state index contributed by atoms with van der Waals surface area (Å²) in [5.74, 6) is 0.210. The molecule has 3 amide bonds. The number of nitrogens with zero attached hydrogens (tertiary/aromatic N) is 1. The Balaban J connectivity index is 2.22. The summed E-state index contributed by atoms with van der Waals surface area (Å²) < 4.78 is 0. The van der Waals surface area contributed by atoms with Gasteiger partial charge in [0.15, 0.2) is 0 Å². The first kappa shape index (κ1) is 13.9. The maximum Gasteiger partial charge on any atom is 0.318 e. The molecule has 1 fully saturated rings. The fourth-order valence-electron chi connectivity index (χ4n) is 2.03. The average Bonchev–Trinajstić information content (AvgIpc) is 2.72. The van der Waals surface area contributed by atoms with Crippen LogP contribution >= 0.6 is 0 Å². The molecule has 0 radical (unpaired) electrons. The van der Waals surface area contributed by atoms with Gasteiger partial charge in [0.1, 0.15) is 0 Å². The molecule has 0 bridgehead atoms. The third-order valence-electron chi connectivity index (χ3n) is 3.17. The second kappa shape index (κ2) is 6.56. The highest BCUT2D eigenvalue weighted by atomic mass is 16.2. The van der Waals surface area contributed by atoms with Crippen molar-refractivity contribution in [2.24, 2.45) is 11.7 Å². The Kier molecular flexibility index (Phi) is 5.37. The fourth-order valence-corrected chi connectivity index (χ4v) is 2.03. The molecule has 2 atom stereocenters. The summed E-state index contributed by atoms with van der Waals surface area (Å²) in [6.07, 6.45) is 1.16. The van der Waals surface area contributed by atoms with Crippen LogP contribution in [-0.2, 0) is 4.79 Å². The first-order valence-corrected chi connectivity index (χ1v) is 6.09. The van der Waals surface area contributed by atoms with E-state index in [1.54, 1.807) is 6.92 Å². The summed E-state index contributed by atoms with van der Waals surface area (Å²) in [4.78, 5) is 24.3. The summed E-state index contributed by atoms with van der Waals surface area (Å²) >= 11 is 0. The summed E-state index contributed by atoms with van der Waals surface area (Å²) in [6.45, 7) is 7.96. The van der Waals surface area contributed by atoms with Gasteiger partial charge in [-0.25, -0.2) is 4.79 Å². The minimum Gasteiger partial charge on any atom is -0.351 e. The van der Waals surface area contributed by atoms with Crippen molar-refractivity contribution in [2.45, 2.75) is 26.3 Å². The lowest BCUT2D eigenvalue weighted by atomic mass is 10.1. The number of nitrogens with one attached hydrogen (secondary N) is 2. The second-order valence-electron chi connectivity index (χ2n) is 4.53. The van der Waals surface area contributed by atoms with Gasteiger partial charge in [-0.1, -0.05) is 6.92 Å². The monoisotopic (exact) mass is 242 g/mol. The Labute approximate surface area is 102 Å². The van der Waals surface area contributed by atoms with E-state index < -0.39 is 12.1 Å². The van der Waals surface area contributed by atoms with Gasteiger partial charge in [0.25, 0.3) is 0 Å². The van der Waals surface area contributed by atoms with Gasteiger partial charge in [0, 0.05) is 6.54 Å². The van der Waals surface area contributed by atoms with Gasteiger partial charge in [-0.2, -0.15) is 0 Å². The molecule has 0 aromatic carbocycles. The molecule has 0 aromatic rings. The second-order valence-corrected chi connectivity index (χ2v) is 4.53.